The summed E-state index contributed by atoms with van der Waals surface area (Å²) in [6, 6.07) is 11.0. The predicted octanol–water partition coefficient (Wildman–Crippen LogP) is 4.16. The molecule has 0 aliphatic rings. The van der Waals surface area contributed by atoms with Gasteiger partial charge in [-0.25, -0.2) is 4.39 Å². The molecule has 0 atom stereocenters. The molecule has 2 aromatic rings. The van der Waals surface area contributed by atoms with Crippen LogP contribution in [-0.2, 0) is 0 Å². The highest BCUT2D eigenvalue weighted by atomic mass is 32.2. The van der Waals surface area contributed by atoms with Gasteiger partial charge in [-0.2, -0.15) is 0 Å². The molecule has 0 fully saturated rings. The minimum Gasteiger partial charge on any atom is -0.397 e. The molecule has 0 saturated carbocycles. The highest BCUT2D eigenvalue weighted by Crippen LogP contribution is 2.27. The van der Waals surface area contributed by atoms with Crippen LogP contribution in [0.5, 0.6) is 0 Å². The third-order valence-electron chi connectivity index (χ3n) is 2.85. The molecule has 110 valence electrons. The van der Waals surface area contributed by atoms with Crippen molar-refractivity contribution in [3.05, 3.63) is 53.8 Å². The van der Waals surface area contributed by atoms with Crippen LogP contribution in [0, 0.1) is 5.82 Å². The molecule has 0 bridgehead atoms. The first-order chi connectivity index (χ1) is 10.1. The zero-order chi connectivity index (χ0) is 15.2. The summed E-state index contributed by atoms with van der Waals surface area (Å²) >= 11 is 1.71. The maximum atomic E-state index is 12.9. The number of carbonyl (C=O) groups is 1. The number of halogens is 1. The SMILES string of the molecule is CCCSc1ccc(N)c(NC(=O)c2ccc(F)cc2)c1. The molecule has 21 heavy (non-hydrogen) atoms. The molecule has 0 aliphatic heterocycles. The smallest absolute Gasteiger partial charge is 0.255 e. The molecule has 0 saturated heterocycles. The van der Waals surface area contributed by atoms with Gasteiger partial charge in [0.1, 0.15) is 5.82 Å². The van der Waals surface area contributed by atoms with Gasteiger partial charge in [-0.05, 0) is 54.6 Å². The van der Waals surface area contributed by atoms with E-state index in [0.717, 1.165) is 17.1 Å². The summed E-state index contributed by atoms with van der Waals surface area (Å²) in [5.74, 6) is 0.332. The van der Waals surface area contributed by atoms with Gasteiger partial charge in [0.2, 0.25) is 0 Å². The molecule has 0 aliphatic carbocycles. The van der Waals surface area contributed by atoms with E-state index in [1.54, 1.807) is 17.8 Å². The topological polar surface area (TPSA) is 55.1 Å². The average Bonchev–Trinajstić information content (AvgIpc) is 2.48. The van der Waals surface area contributed by atoms with Gasteiger partial charge in [0.15, 0.2) is 0 Å². The Balaban J connectivity index is 2.14. The van der Waals surface area contributed by atoms with E-state index in [-0.39, 0.29) is 11.7 Å². The van der Waals surface area contributed by atoms with Crippen LogP contribution in [0.1, 0.15) is 23.7 Å². The van der Waals surface area contributed by atoms with Crippen LogP contribution in [-0.4, -0.2) is 11.7 Å². The third kappa shape index (κ3) is 4.23. The number of amides is 1. The molecule has 0 aromatic heterocycles. The van der Waals surface area contributed by atoms with E-state index in [1.807, 2.05) is 12.1 Å². The Bertz CT molecular complexity index is 629. The van der Waals surface area contributed by atoms with Gasteiger partial charge in [0, 0.05) is 10.5 Å². The van der Waals surface area contributed by atoms with E-state index >= 15 is 0 Å². The summed E-state index contributed by atoms with van der Waals surface area (Å²) < 4.78 is 12.9. The largest absolute Gasteiger partial charge is 0.397 e. The number of nitrogens with one attached hydrogen (secondary N) is 1. The molecular formula is C16H17FN2OS. The molecule has 1 amide bonds. The molecule has 3 N–H and O–H groups in total. The maximum absolute atomic E-state index is 12.9. The van der Waals surface area contributed by atoms with Gasteiger partial charge in [-0.15, -0.1) is 11.8 Å². The first-order valence-electron chi connectivity index (χ1n) is 6.69. The molecule has 5 heteroatoms. The summed E-state index contributed by atoms with van der Waals surface area (Å²) in [6.45, 7) is 2.11. The van der Waals surface area contributed by atoms with E-state index < -0.39 is 0 Å². The maximum Gasteiger partial charge on any atom is 0.255 e. The van der Waals surface area contributed by atoms with E-state index in [2.05, 4.69) is 12.2 Å². The summed E-state index contributed by atoms with van der Waals surface area (Å²) in [7, 11) is 0. The van der Waals surface area contributed by atoms with Crippen molar-refractivity contribution in [2.24, 2.45) is 0 Å². The van der Waals surface area contributed by atoms with E-state index in [0.29, 0.717) is 16.9 Å². The number of thioether (sulfide) groups is 1. The minimum atomic E-state index is -0.371. The Morgan fingerprint density at radius 3 is 2.62 bits per heavy atom. The fourth-order valence-electron chi connectivity index (χ4n) is 1.75. The standard InChI is InChI=1S/C16H17FN2OS/c1-2-9-21-13-7-8-14(18)15(10-13)19-16(20)11-3-5-12(17)6-4-11/h3-8,10H,2,9,18H2,1H3,(H,19,20). The lowest BCUT2D eigenvalue weighted by molar-refractivity contribution is 0.102. The number of nitrogen functional groups attached to an aromatic ring is 1. The van der Waals surface area contributed by atoms with Crippen LogP contribution in [0.4, 0.5) is 15.8 Å². The number of rotatable bonds is 5. The minimum absolute atomic E-state index is 0.306. The third-order valence-corrected chi connectivity index (χ3v) is 4.05. The Kier molecular flexibility index (Phi) is 5.22. The van der Waals surface area contributed by atoms with E-state index in [4.69, 9.17) is 5.73 Å². The summed E-state index contributed by atoms with van der Waals surface area (Å²) in [4.78, 5) is 13.2. The number of hydrogen-bond acceptors (Lipinski definition) is 3. The highest BCUT2D eigenvalue weighted by molar-refractivity contribution is 7.99. The van der Waals surface area contributed by atoms with Crippen molar-refractivity contribution >= 4 is 29.0 Å². The van der Waals surface area contributed by atoms with Crippen molar-refractivity contribution in [1.82, 2.24) is 0 Å². The second-order valence-electron chi connectivity index (χ2n) is 4.56. The lowest BCUT2D eigenvalue weighted by atomic mass is 10.2. The van der Waals surface area contributed by atoms with Crippen LogP contribution in [0.25, 0.3) is 0 Å². The molecule has 3 nitrogen and oxygen atoms in total. The molecule has 0 unspecified atom stereocenters. The quantitative estimate of drug-likeness (QED) is 0.644. The van der Waals surface area contributed by atoms with Gasteiger partial charge in [-0.1, -0.05) is 6.92 Å². The summed E-state index contributed by atoms with van der Waals surface area (Å²) in [5, 5.41) is 2.76. The van der Waals surface area contributed by atoms with Crippen molar-refractivity contribution in [2.45, 2.75) is 18.2 Å². The van der Waals surface area contributed by atoms with Crippen LogP contribution in [0.15, 0.2) is 47.4 Å². The lowest BCUT2D eigenvalue weighted by Crippen LogP contribution is -2.13. The fourth-order valence-corrected chi connectivity index (χ4v) is 2.55. The Labute approximate surface area is 127 Å². The first kappa shape index (κ1) is 15.4. The van der Waals surface area contributed by atoms with E-state index in [1.165, 1.54) is 24.3 Å². The number of hydrogen-bond donors (Lipinski definition) is 2. The zero-order valence-electron chi connectivity index (χ0n) is 11.7. The Hall–Kier alpha value is -2.01. The van der Waals surface area contributed by atoms with E-state index in [9.17, 15) is 9.18 Å². The molecule has 0 radical (unpaired) electrons. The van der Waals surface area contributed by atoms with Crippen molar-refractivity contribution in [3.8, 4) is 0 Å². The van der Waals surface area contributed by atoms with Crippen LogP contribution in [0.2, 0.25) is 0 Å². The van der Waals surface area contributed by atoms with Crippen molar-refractivity contribution in [2.75, 3.05) is 16.8 Å². The Morgan fingerprint density at radius 1 is 1.24 bits per heavy atom. The van der Waals surface area contributed by atoms with Gasteiger partial charge in [-0.3, -0.25) is 4.79 Å². The lowest BCUT2D eigenvalue weighted by Gasteiger charge is -2.10. The van der Waals surface area contributed by atoms with Gasteiger partial charge in [0.05, 0.1) is 11.4 Å². The van der Waals surface area contributed by atoms with Crippen molar-refractivity contribution < 1.29 is 9.18 Å². The molecular weight excluding hydrogens is 287 g/mol. The predicted molar refractivity (Wildman–Crippen MR) is 86.2 cm³/mol. The normalized spacial score (nSPS) is 10.4. The number of anilines is 2. The highest BCUT2D eigenvalue weighted by Gasteiger charge is 2.09. The van der Waals surface area contributed by atoms with Crippen LogP contribution >= 0.6 is 11.8 Å². The monoisotopic (exact) mass is 304 g/mol. The van der Waals surface area contributed by atoms with Gasteiger partial charge < -0.3 is 11.1 Å². The van der Waals surface area contributed by atoms with Gasteiger partial charge >= 0.3 is 0 Å². The second kappa shape index (κ2) is 7.13. The van der Waals surface area contributed by atoms with Crippen LogP contribution < -0.4 is 11.1 Å². The molecule has 0 spiro atoms. The van der Waals surface area contributed by atoms with Gasteiger partial charge in [0.25, 0.3) is 5.91 Å². The number of nitrogens with two attached hydrogens (primary N) is 1. The summed E-state index contributed by atoms with van der Waals surface area (Å²) in [5.41, 5.74) is 7.36. The number of carbonyl (C=O) groups excluding carboxylic acids is 1. The van der Waals surface area contributed by atoms with Crippen molar-refractivity contribution in [3.63, 3.8) is 0 Å². The Morgan fingerprint density at radius 2 is 1.95 bits per heavy atom. The van der Waals surface area contributed by atoms with Crippen molar-refractivity contribution in [1.29, 1.82) is 0 Å². The zero-order valence-corrected chi connectivity index (χ0v) is 12.5. The molecule has 0 heterocycles. The van der Waals surface area contributed by atoms with Crippen LogP contribution in [0.3, 0.4) is 0 Å². The number of benzene rings is 2. The fraction of sp³-hybridized carbons (Fsp3) is 0.188. The molecule has 2 aromatic carbocycles. The summed E-state index contributed by atoms with van der Waals surface area (Å²) in [6.07, 6.45) is 1.08. The molecule has 2 rings (SSSR count). The average molecular weight is 304 g/mol. The second-order valence-corrected chi connectivity index (χ2v) is 5.73. The first-order valence-corrected chi connectivity index (χ1v) is 7.68.